The van der Waals surface area contributed by atoms with Crippen LogP contribution in [0.25, 0.3) is 39.4 Å². The molecule has 9 heteroatoms. The van der Waals surface area contributed by atoms with Gasteiger partial charge in [-0.1, -0.05) is 68.4 Å². The molecule has 0 saturated carbocycles. The smallest absolute Gasteiger partial charge is 0.230 e. The highest BCUT2D eigenvalue weighted by atomic mass is 15.5. The zero-order valence-electron chi connectivity index (χ0n) is 23.1. The van der Waals surface area contributed by atoms with Crippen molar-refractivity contribution in [2.24, 2.45) is 0 Å². The molecule has 1 aliphatic rings. The molecule has 0 bridgehead atoms. The van der Waals surface area contributed by atoms with Gasteiger partial charge in [-0.2, -0.15) is 4.68 Å². The summed E-state index contributed by atoms with van der Waals surface area (Å²) in [4.78, 5) is 21.4. The maximum atomic E-state index is 5.04. The van der Waals surface area contributed by atoms with Crippen molar-refractivity contribution in [2.45, 2.75) is 32.7 Å². The van der Waals surface area contributed by atoms with Crippen molar-refractivity contribution in [3.05, 3.63) is 84.2 Å². The maximum Gasteiger partial charge on any atom is 0.230 e. The van der Waals surface area contributed by atoms with E-state index < -0.39 is 0 Å². The fourth-order valence-corrected chi connectivity index (χ4v) is 5.44. The lowest BCUT2D eigenvalue weighted by Crippen LogP contribution is -2.46. The Hall–Kier alpha value is -4.50. The Morgan fingerprint density at radius 2 is 1.57 bits per heavy atom. The predicted molar refractivity (Wildman–Crippen MR) is 159 cm³/mol. The number of nitrogens with one attached hydrogen (secondary N) is 2. The number of para-hydroxylation sites is 3. The second-order valence-electron chi connectivity index (χ2n) is 11.6. The van der Waals surface area contributed by atoms with Crippen LogP contribution in [0, 0.1) is 0 Å². The molecule has 202 valence electrons. The largest absolute Gasteiger partial charge is 0.367 e. The quantitative estimate of drug-likeness (QED) is 0.313. The Morgan fingerprint density at radius 1 is 0.800 bits per heavy atom. The highest BCUT2D eigenvalue weighted by Crippen LogP contribution is 2.30. The molecule has 3 aromatic carbocycles. The van der Waals surface area contributed by atoms with E-state index in [1.165, 1.54) is 11.3 Å². The molecule has 1 aliphatic heterocycles. The van der Waals surface area contributed by atoms with E-state index in [0.29, 0.717) is 5.95 Å². The van der Waals surface area contributed by atoms with Crippen LogP contribution in [0.3, 0.4) is 0 Å². The fourth-order valence-electron chi connectivity index (χ4n) is 5.44. The molecular weight excluding hydrogens is 498 g/mol. The zero-order valence-corrected chi connectivity index (χ0v) is 23.1. The molecule has 4 heterocycles. The van der Waals surface area contributed by atoms with Crippen LogP contribution >= 0.6 is 0 Å². The van der Waals surface area contributed by atoms with Crippen molar-refractivity contribution in [1.82, 2.24) is 39.8 Å². The van der Waals surface area contributed by atoms with Crippen molar-refractivity contribution in [2.75, 3.05) is 31.1 Å². The number of rotatable bonds is 5. The van der Waals surface area contributed by atoms with Gasteiger partial charge in [-0.25, -0.2) is 9.97 Å². The Morgan fingerprint density at radius 3 is 2.35 bits per heavy atom. The molecule has 3 aromatic heterocycles. The van der Waals surface area contributed by atoms with Crippen LogP contribution < -0.4 is 4.90 Å². The third-order valence-corrected chi connectivity index (χ3v) is 7.75. The topological polar surface area (TPSA) is 94.6 Å². The predicted octanol–water partition coefficient (Wildman–Crippen LogP) is 5.31. The highest BCUT2D eigenvalue weighted by Gasteiger charge is 2.22. The monoisotopic (exact) mass is 531 g/mol. The van der Waals surface area contributed by atoms with Crippen LogP contribution in [0.2, 0.25) is 0 Å². The van der Waals surface area contributed by atoms with E-state index in [1.54, 1.807) is 4.68 Å². The molecule has 40 heavy (non-hydrogen) atoms. The fraction of sp³-hybridized carbons (Fsp3) is 0.290. The Balaban J connectivity index is 1.03. The number of nitrogens with zero attached hydrogens (tertiary/aromatic N) is 7. The summed E-state index contributed by atoms with van der Waals surface area (Å²) in [5.41, 5.74) is 8.68. The van der Waals surface area contributed by atoms with E-state index in [4.69, 9.17) is 4.98 Å². The van der Waals surface area contributed by atoms with Crippen molar-refractivity contribution in [3.8, 4) is 17.3 Å². The number of benzene rings is 3. The molecule has 0 spiro atoms. The first-order valence-corrected chi connectivity index (χ1v) is 13.8. The van der Waals surface area contributed by atoms with E-state index in [-0.39, 0.29) is 5.41 Å². The highest BCUT2D eigenvalue weighted by molar-refractivity contribution is 5.91. The number of piperazine rings is 1. The summed E-state index contributed by atoms with van der Waals surface area (Å²) in [6.45, 7) is 11.2. The molecule has 0 unspecified atom stereocenters. The minimum absolute atomic E-state index is 0.132. The van der Waals surface area contributed by atoms with Gasteiger partial charge in [-0.05, 0) is 35.2 Å². The Bertz CT molecular complexity index is 1740. The molecule has 1 fully saturated rings. The molecular formula is C31H33N9. The number of imidazole rings is 2. The Labute approximate surface area is 232 Å². The van der Waals surface area contributed by atoms with Crippen molar-refractivity contribution in [1.29, 1.82) is 0 Å². The minimum Gasteiger partial charge on any atom is -0.367 e. The van der Waals surface area contributed by atoms with E-state index in [2.05, 4.69) is 98.3 Å². The van der Waals surface area contributed by atoms with Gasteiger partial charge in [-0.15, -0.1) is 5.10 Å². The molecule has 9 nitrogen and oxygen atoms in total. The average Bonchev–Trinajstić information content (AvgIpc) is 3.71. The lowest BCUT2D eigenvalue weighted by atomic mass is 9.87. The van der Waals surface area contributed by atoms with E-state index in [0.717, 1.165) is 71.9 Å². The van der Waals surface area contributed by atoms with Gasteiger partial charge in [0.15, 0.2) is 0 Å². The summed E-state index contributed by atoms with van der Waals surface area (Å²) in [6, 6.07) is 23.1. The average molecular weight is 532 g/mol. The Kier molecular flexibility index (Phi) is 5.89. The van der Waals surface area contributed by atoms with Crippen molar-refractivity contribution in [3.63, 3.8) is 0 Å². The molecule has 2 N–H and O–H groups in total. The molecule has 0 amide bonds. The van der Waals surface area contributed by atoms with Gasteiger partial charge in [0.2, 0.25) is 5.95 Å². The summed E-state index contributed by atoms with van der Waals surface area (Å²) < 4.78 is 1.72. The van der Waals surface area contributed by atoms with Gasteiger partial charge < -0.3 is 14.9 Å². The number of H-pyrrole nitrogens is 2. The maximum absolute atomic E-state index is 5.04. The SMILES string of the molecule is CC(C)(C)c1ccc(-c2nc3c(N4CCN(Cc5cn(-c6nc7ccccc7[nH]6)nn5)CC4)cccc3[nH]2)cc1. The first-order valence-electron chi connectivity index (χ1n) is 13.8. The standard InChI is InChI=1S/C31H33N9/c1-31(2,3)22-13-11-21(12-14-22)29-32-26-9-6-10-27(28(26)35-29)39-17-15-38(16-18-39)19-23-20-40(37-36-23)30-33-24-7-4-5-8-25(24)34-30/h4-14,20H,15-19H2,1-3H3,(H,32,35)(H,33,34). The normalized spacial score (nSPS) is 14.9. The first-order chi connectivity index (χ1) is 19.4. The number of fused-ring (bicyclic) bond motifs is 2. The third-order valence-electron chi connectivity index (χ3n) is 7.75. The number of anilines is 1. The van der Waals surface area contributed by atoms with Crippen LogP contribution in [0.5, 0.6) is 0 Å². The van der Waals surface area contributed by atoms with Crippen LogP contribution in [0.1, 0.15) is 32.0 Å². The second kappa shape index (κ2) is 9.60. The first kappa shape index (κ1) is 24.5. The molecule has 1 saturated heterocycles. The van der Waals surface area contributed by atoms with E-state index >= 15 is 0 Å². The summed E-state index contributed by atoms with van der Waals surface area (Å²) >= 11 is 0. The van der Waals surface area contributed by atoms with Gasteiger partial charge in [0.1, 0.15) is 11.3 Å². The lowest BCUT2D eigenvalue weighted by Gasteiger charge is -2.35. The van der Waals surface area contributed by atoms with Crippen LogP contribution in [-0.2, 0) is 12.0 Å². The van der Waals surface area contributed by atoms with Gasteiger partial charge in [0.25, 0.3) is 0 Å². The second-order valence-corrected chi connectivity index (χ2v) is 11.6. The van der Waals surface area contributed by atoms with E-state index in [1.807, 2.05) is 30.5 Å². The number of aromatic amines is 2. The van der Waals surface area contributed by atoms with Crippen LogP contribution in [-0.4, -0.2) is 66.0 Å². The number of aromatic nitrogens is 7. The summed E-state index contributed by atoms with van der Waals surface area (Å²) in [5.74, 6) is 1.59. The molecule has 0 aliphatic carbocycles. The van der Waals surface area contributed by atoms with Gasteiger partial charge in [-0.3, -0.25) is 4.90 Å². The summed E-state index contributed by atoms with van der Waals surface area (Å²) in [6.07, 6.45) is 1.96. The lowest BCUT2D eigenvalue weighted by molar-refractivity contribution is 0.247. The molecule has 0 atom stereocenters. The molecule has 0 radical (unpaired) electrons. The molecule has 6 aromatic rings. The summed E-state index contributed by atoms with van der Waals surface area (Å²) in [5, 5.41) is 8.72. The van der Waals surface area contributed by atoms with Crippen LogP contribution in [0.4, 0.5) is 5.69 Å². The molecule has 7 rings (SSSR count). The van der Waals surface area contributed by atoms with Gasteiger partial charge in [0, 0.05) is 38.3 Å². The van der Waals surface area contributed by atoms with Gasteiger partial charge in [0.05, 0.1) is 34.1 Å². The van der Waals surface area contributed by atoms with Crippen molar-refractivity contribution < 1.29 is 0 Å². The zero-order chi connectivity index (χ0) is 27.3. The van der Waals surface area contributed by atoms with E-state index in [9.17, 15) is 0 Å². The van der Waals surface area contributed by atoms with Crippen LogP contribution in [0.15, 0.2) is 72.9 Å². The van der Waals surface area contributed by atoms with Gasteiger partial charge >= 0.3 is 0 Å². The summed E-state index contributed by atoms with van der Waals surface area (Å²) in [7, 11) is 0. The minimum atomic E-state index is 0.132. The third kappa shape index (κ3) is 4.62. The number of hydrogen-bond acceptors (Lipinski definition) is 6. The van der Waals surface area contributed by atoms with Crippen molar-refractivity contribution >= 4 is 27.8 Å². The number of hydrogen-bond donors (Lipinski definition) is 2.